The second-order valence-electron chi connectivity index (χ2n) is 4.71. The summed E-state index contributed by atoms with van der Waals surface area (Å²) in [6.45, 7) is 9.35. The minimum absolute atomic E-state index is 0.987. The van der Waals surface area contributed by atoms with Crippen LogP contribution in [0.2, 0.25) is 0 Å². The van der Waals surface area contributed by atoms with Crippen LogP contribution in [0.1, 0.15) is 28.2 Å². The Labute approximate surface area is 113 Å². The van der Waals surface area contributed by atoms with E-state index in [0.29, 0.717) is 0 Å². The molecule has 18 heavy (non-hydrogen) atoms. The number of rotatable bonds is 6. The second-order valence-corrected chi connectivity index (χ2v) is 5.71. The molecule has 0 amide bonds. The highest BCUT2D eigenvalue weighted by atomic mass is 32.1. The fourth-order valence-corrected chi connectivity index (χ4v) is 2.92. The van der Waals surface area contributed by atoms with Crippen molar-refractivity contribution in [3.63, 3.8) is 0 Å². The van der Waals surface area contributed by atoms with Crippen LogP contribution in [0.3, 0.4) is 0 Å². The van der Waals surface area contributed by atoms with Gasteiger partial charge in [-0.15, -0.1) is 11.3 Å². The maximum absolute atomic E-state index is 4.46. The van der Waals surface area contributed by atoms with Crippen LogP contribution in [-0.4, -0.2) is 16.3 Å². The summed E-state index contributed by atoms with van der Waals surface area (Å²) >= 11 is 1.83. The van der Waals surface area contributed by atoms with Crippen molar-refractivity contribution in [1.82, 2.24) is 15.1 Å². The molecule has 2 aromatic heterocycles. The molecule has 0 aliphatic carbocycles. The highest BCUT2D eigenvalue weighted by Crippen LogP contribution is 2.14. The molecule has 4 heteroatoms. The average molecular weight is 263 g/mol. The average Bonchev–Trinajstić information content (AvgIpc) is 2.86. The summed E-state index contributed by atoms with van der Waals surface area (Å²) in [7, 11) is 0. The molecule has 2 rings (SSSR count). The summed E-state index contributed by atoms with van der Waals surface area (Å²) in [5, 5.41) is 10.1. The summed E-state index contributed by atoms with van der Waals surface area (Å²) in [6, 6.07) is 4.31. The summed E-state index contributed by atoms with van der Waals surface area (Å²) < 4.78 is 2.09. The van der Waals surface area contributed by atoms with Crippen LogP contribution >= 0.6 is 11.3 Å². The monoisotopic (exact) mass is 263 g/mol. The number of nitrogens with zero attached hydrogens (tertiary/aromatic N) is 2. The first kappa shape index (κ1) is 13.3. The van der Waals surface area contributed by atoms with E-state index >= 15 is 0 Å². The topological polar surface area (TPSA) is 29.9 Å². The highest BCUT2D eigenvalue weighted by Gasteiger charge is 2.01. The molecule has 0 bridgehead atoms. The predicted molar refractivity (Wildman–Crippen MR) is 77.1 cm³/mol. The van der Waals surface area contributed by atoms with Crippen molar-refractivity contribution in [2.24, 2.45) is 0 Å². The minimum Gasteiger partial charge on any atom is -0.312 e. The molecule has 0 aliphatic heterocycles. The molecule has 1 N–H and O–H groups in total. The zero-order chi connectivity index (χ0) is 13.0. The Morgan fingerprint density at radius 3 is 2.78 bits per heavy atom. The number of nitrogens with one attached hydrogen (secondary N) is 1. The van der Waals surface area contributed by atoms with Crippen molar-refractivity contribution in [3.8, 4) is 0 Å². The zero-order valence-electron chi connectivity index (χ0n) is 11.4. The van der Waals surface area contributed by atoms with E-state index < -0.39 is 0 Å². The molecule has 0 saturated carbocycles. The van der Waals surface area contributed by atoms with Gasteiger partial charge < -0.3 is 5.32 Å². The number of aryl methyl sites for hydroxylation is 4. The van der Waals surface area contributed by atoms with E-state index in [0.717, 1.165) is 31.7 Å². The molecule has 0 aliphatic rings. The molecule has 98 valence electrons. The fourth-order valence-electron chi connectivity index (χ4n) is 2.04. The van der Waals surface area contributed by atoms with Gasteiger partial charge in [-0.25, -0.2) is 0 Å². The lowest BCUT2D eigenvalue weighted by Gasteiger charge is -2.06. The molecule has 0 atom stereocenters. The first-order valence-corrected chi connectivity index (χ1v) is 7.29. The van der Waals surface area contributed by atoms with Gasteiger partial charge in [0, 0.05) is 23.7 Å². The SMILES string of the molecule is Cc1cc(C)n(CCCNCc2sccc2C)n1. The largest absolute Gasteiger partial charge is 0.312 e. The summed E-state index contributed by atoms with van der Waals surface area (Å²) in [6.07, 6.45) is 1.12. The van der Waals surface area contributed by atoms with Gasteiger partial charge in [0.15, 0.2) is 0 Å². The minimum atomic E-state index is 0.987. The van der Waals surface area contributed by atoms with Crippen LogP contribution in [0.5, 0.6) is 0 Å². The molecule has 0 radical (unpaired) electrons. The number of hydrogen-bond acceptors (Lipinski definition) is 3. The zero-order valence-corrected chi connectivity index (χ0v) is 12.2. The van der Waals surface area contributed by atoms with Crippen molar-refractivity contribution in [2.75, 3.05) is 6.54 Å². The molecule has 0 saturated heterocycles. The van der Waals surface area contributed by atoms with E-state index in [1.54, 1.807) is 0 Å². The normalized spacial score (nSPS) is 11.1. The third-order valence-electron chi connectivity index (χ3n) is 3.08. The summed E-state index contributed by atoms with van der Waals surface area (Å²) in [4.78, 5) is 1.45. The van der Waals surface area contributed by atoms with Gasteiger partial charge in [-0.1, -0.05) is 0 Å². The summed E-state index contributed by atoms with van der Waals surface area (Å²) in [5.74, 6) is 0. The van der Waals surface area contributed by atoms with Crippen molar-refractivity contribution in [1.29, 1.82) is 0 Å². The lowest BCUT2D eigenvalue weighted by molar-refractivity contribution is 0.533. The molecule has 0 spiro atoms. The molecule has 2 aromatic rings. The maximum Gasteiger partial charge on any atom is 0.0596 e. The molecule has 0 unspecified atom stereocenters. The summed E-state index contributed by atoms with van der Waals surface area (Å²) in [5.41, 5.74) is 3.75. The molecule has 3 nitrogen and oxygen atoms in total. The number of thiophene rings is 1. The van der Waals surface area contributed by atoms with Crippen LogP contribution < -0.4 is 5.32 Å². The van der Waals surface area contributed by atoms with Crippen LogP contribution in [0.15, 0.2) is 17.5 Å². The molecular weight excluding hydrogens is 242 g/mol. The van der Waals surface area contributed by atoms with Gasteiger partial charge in [0.25, 0.3) is 0 Å². The molecular formula is C14H21N3S. The van der Waals surface area contributed by atoms with E-state index in [1.807, 2.05) is 18.3 Å². The van der Waals surface area contributed by atoms with Gasteiger partial charge in [-0.05, 0) is 56.8 Å². The third kappa shape index (κ3) is 3.43. The van der Waals surface area contributed by atoms with Crippen molar-refractivity contribution in [2.45, 2.75) is 40.3 Å². The van der Waals surface area contributed by atoms with Gasteiger partial charge in [-0.3, -0.25) is 4.68 Å². The Balaban J connectivity index is 1.67. The number of hydrogen-bond donors (Lipinski definition) is 1. The third-order valence-corrected chi connectivity index (χ3v) is 4.10. The van der Waals surface area contributed by atoms with Crippen LogP contribution in [0.25, 0.3) is 0 Å². The maximum atomic E-state index is 4.46. The number of aromatic nitrogens is 2. The van der Waals surface area contributed by atoms with Gasteiger partial charge in [0.2, 0.25) is 0 Å². The van der Waals surface area contributed by atoms with Crippen molar-refractivity contribution in [3.05, 3.63) is 39.3 Å². The predicted octanol–water partition coefficient (Wildman–Crippen LogP) is 3.05. The van der Waals surface area contributed by atoms with Crippen molar-refractivity contribution < 1.29 is 0 Å². The Morgan fingerprint density at radius 1 is 1.33 bits per heavy atom. The smallest absolute Gasteiger partial charge is 0.0596 e. The van der Waals surface area contributed by atoms with Crippen LogP contribution in [0, 0.1) is 20.8 Å². The van der Waals surface area contributed by atoms with Gasteiger partial charge >= 0.3 is 0 Å². The van der Waals surface area contributed by atoms with Crippen LogP contribution in [-0.2, 0) is 13.1 Å². The lowest BCUT2D eigenvalue weighted by atomic mass is 10.3. The Kier molecular flexibility index (Phi) is 4.55. The fraction of sp³-hybridized carbons (Fsp3) is 0.500. The Bertz CT molecular complexity index is 499. The van der Waals surface area contributed by atoms with Gasteiger partial charge in [0.05, 0.1) is 5.69 Å². The quantitative estimate of drug-likeness (QED) is 0.812. The Hall–Kier alpha value is -1.13. The van der Waals surface area contributed by atoms with E-state index in [9.17, 15) is 0 Å². The molecule has 0 aromatic carbocycles. The highest BCUT2D eigenvalue weighted by molar-refractivity contribution is 7.10. The Morgan fingerprint density at radius 2 is 2.17 bits per heavy atom. The first-order valence-electron chi connectivity index (χ1n) is 6.41. The lowest BCUT2D eigenvalue weighted by Crippen LogP contribution is -2.17. The van der Waals surface area contributed by atoms with Crippen molar-refractivity contribution >= 4 is 11.3 Å². The van der Waals surface area contributed by atoms with E-state index in [-0.39, 0.29) is 0 Å². The second kappa shape index (κ2) is 6.16. The van der Waals surface area contributed by atoms with E-state index in [1.165, 1.54) is 16.1 Å². The van der Waals surface area contributed by atoms with Gasteiger partial charge in [0.1, 0.15) is 0 Å². The standard InChI is InChI=1S/C14H21N3S/c1-11-5-8-18-14(11)10-15-6-4-7-17-13(3)9-12(2)16-17/h5,8-9,15H,4,6-7,10H2,1-3H3. The van der Waals surface area contributed by atoms with E-state index in [4.69, 9.17) is 0 Å². The first-order chi connectivity index (χ1) is 8.66. The molecule has 2 heterocycles. The van der Waals surface area contributed by atoms with E-state index in [2.05, 4.69) is 46.5 Å². The van der Waals surface area contributed by atoms with Crippen LogP contribution in [0.4, 0.5) is 0 Å². The molecule has 0 fully saturated rings. The van der Waals surface area contributed by atoms with Gasteiger partial charge in [-0.2, -0.15) is 5.10 Å².